The molecule has 2 aliphatic rings. The van der Waals surface area contributed by atoms with E-state index in [0.29, 0.717) is 0 Å². The van der Waals surface area contributed by atoms with Crippen molar-refractivity contribution in [3.8, 4) is 0 Å². The van der Waals surface area contributed by atoms with Gasteiger partial charge in [-0.1, -0.05) is 6.42 Å². The summed E-state index contributed by atoms with van der Waals surface area (Å²) in [6.45, 7) is 7.29. The predicted molar refractivity (Wildman–Crippen MR) is 81.6 cm³/mol. The Labute approximate surface area is 120 Å². The topological polar surface area (TPSA) is 18.5 Å². The lowest BCUT2D eigenvalue weighted by Crippen LogP contribution is -2.54. The van der Waals surface area contributed by atoms with Crippen molar-refractivity contribution in [1.82, 2.24) is 15.1 Å². The molecule has 4 heteroatoms. The van der Waals surface area contributed by atoms with Crippen molar-refractivity contribution in [3.63, 3.8) is 0 Å². The molecule has 19 heavy (non-hydrogen) atoms. The van der Waals surface area contributed by atoms with E-state index in [2.05, 4.69) is 27.2 Å². The molecule has 3 rings (SSSR count). The molecule has 0 spiro atoms. The van der Waals surface area contributed by atoms with E-state index in [9.17, 15) is 0 Å². The minimum atomic E-state index is 0.833. The standard InChI is InChI=1S/C15H25N3S/c1-16-10-14-5-6-15(19-14)12-17-8-9-18-7-3-2-4-13(18)11-17/h5-6,13,16H,2-4,7-12H2,1H3. The average molecular weight is 279 g/mol. The number of thiophene rings is 1. The lowest BCUT2D eigenvalue weighted by molar-refractivity contribution is 0.0461. The molecule has 1 unspecified atom stereocenters. The van der Waals surface area contributed by atoms with Gasteiger partial charge in [-0.25, -0.2) is 0 Å². The van der Waals surface area contributed by atoms with Crippen LogP contribution in [0, 0.1) is 0 Å². The molecule has 0 aliphatic carbocycles. The highest BCUT2D eigenvalue weighted by Crippen LogP contribution is 2.24. The van der Waals surface area contributed by atoms with Crippen LogP contribution in [0.4, 0.5) is 0 Å². The fraction of sp³-hybridized carbons (Fsp3) is 0.733. The molecule has 2 saturated heterocycles. The zero-order chi connectivity index (χ0) is 13.1. The first-order chi connectivity index (χ1) is 9.35. The van der Waals surface area contributed by atoms with Gasteiger partial charge < -0.3 is 5.32 Å². The molecule has 0 aromatic carbocycles. The molecule has 2 aliphatic heterocycles. The number of piperidine rings is 1. The Bertz CT molecular complexity index is 404. The summed E-state index contributed by atoms with van der Waals surface area (Å²) in [5.41, 5.74) is 0. The molecule has 1 N–H and O–H groups in total. The molecule has 0 saturated carbocycles. The van der Waals surface area contributed by atoms with Crippen molar-refractivity contribution in [1.29, 1.82) is 0 Å². The largest absolute Gasteiger partial charge is 0.315 e. The Balaban J connectivity index is 1.54. The molecular weight excluding hydrogens is 254 g/mol. The molecule has 0 bridgehead atoms. The van der Waals surface area contributed by atoms with Gasteiger partial charge in [0.2, 0.25) is 0 Å². The smallest absolute Gasteiger partial charge is 0.0329 e. The molecule has 1 aromatic heterocycles. The first kappa shape index (κ1) is 13.6. The summed E-state index contributed by atoms with van der Waals surface area (Å²) in [6, 6.07) is 5.41. The van der Waals surface area contributed by atoms with Crippen molar-refractivity contribution >= 4 is 11.3 Å². The summed E-state index contributed by atoms with van der Waals surface area (Å²) in [6.07, 6.45) is 4.25. The summed E-state index contributed by atoms with van der Waals surface area (Å²) < 4.78 is 0. The van der Waals surface area contributed by atoms with Gasteiger partial charge in [-0.2, -0.15) is 0 Å². The summed E-state index contributed by atoms with van der Waals surface area (Å²) in [5.74, 6) is 0. The third kappa shape index (κ3) is 3.37. The zero-order valence-electron chi connectivity index (χ0n) is 11.9. The van der Waals surface area contributed by atoms with Crippen LogP contribution in [0.3, 0.4) is 0 Å². The van der Waals surface area contributed by atoms with Crippen LogP contribution in [0.15, 0.2) is 12.1 Å². The number of hydrogen-bond donors (Lipinski definition) is 1. The molecule has 3 nitrogen and oxygen atoms in total. The third-order valence-corrected chi connectivity index (χ3v) is 5.44. The van der Waals surface area contributed by atoms with E-state index in [4.69, 9.17) is 0 Å². The summed E-state index contributed by atoms with van der Waals surface area (Å²) >= 11 is 1.96. The van der Waals surface area contributed by atoms with E-state index in [1.54, 1.807) is 0 Å². The number of piperazine rings is 1. The van der Waals surface area contributed by atoms with E-state index in [-0.39, 0.29) is 0 Å². The van der Waals surface area contributed by atoms with Gasteiger partial charge in [0.1, 0.15) is 0 Å². The second kappa shape index (κ2) is 6.35. The highest BCUT2D eigenvalue weighted by molar-refractivity contribution is 7.11. The highest BCUT2D eigenvalue weighted by Gasteiger charge is 2.28. The monoisotopic (exact) mass is 279 g/mol. The van der Waals surface area contributed by atoms with E-state index in [0.717, 1.165) is 19.1 Å². The van der Waals surface area contributed by atoms with Crippen LogP contribution in [-0.4, -0.2) is 49.1 Å². The maximum absolute atomic E-state index is 3.23. The second-order valence-corrected chi connectivity index (χ2v) is 7.07. The predicted octanol–water partition coefficient (Wildman–Crippen LogP) is 2.14. The summed E-state index contributed by atoms with van der Waals surface area (Å²) in [7, 11) is 2.02. The lowest BCUT2D eigenvalue weighted by Gasteiger charge is -2.44. The molecule has 3 heterocycles. The van der Waals surface area contributed by atoms with Gasteiger partial charge in [0.15, 0.2) is 0 Å². The van der Waals surface area contributed by atoms with Gasteiger partial charge >= 0.3 is 0 Å². The van der Waals surface area contributed by atoms with E-state index < -0.39 is 0 Å². The Morgan fingerprint density at radius 2 is 2.11 bits per heavy atom. The second-order valence-electron chi connectivity index (χ2n) is 5.82. The van der Waals surface area contributed by atoms with Crippen LogP contribution in [0.2, 0.25) is 0 Å². The van der Waals surface area contributed by atoms with Crippen molar-refractivity contribution < 1.29 is 0 Å². The van der Waals surface area contributed by atoms with Crippen molar-refractivity contribution in [3.05, 3.63) is 21.9 Å². The average Bonchev–Trinajstić information content (AvgIpc) is 2.86. The maximum atomic E-state index is 3.23. The molecule has 1 atom stereocenters. The third-order valence-electron chi connectivity index (χ3n) is 4.37. The summed E-state index contributed by atoms with van der Waals surface area (Å²) in [5, 5.41) is 3.23. The molecule has 0 radical (unpaired) electrons. The summed E-state index contributed by atoms with van der Waals surface area (Å²) in [4.78, 5) is 8.34. The van der Waals surface area contributed by atoms with Crippen LogP contribution < -0.4 is 5.32 Å². The Morgan fingerprint density at radius 1 is 1.21 bits per heavy atom. The quantitative estimate of drug-likeness (QED) is 0.911. The minimum absolute atomic E-state index is 0.833. The molecule has 2 fully saturated rings. The van der Waals surface area contributed by atoms with Crippen LogP contribution in [0.1, 0.15) is 29.0 Å². The van der Waals surface area contributed by atoms with Crippen molar-refractivity contribution in [2.24, 2.45) is 0 Å². The molecule has 106 valence electrons. The SMILES string of the molecule is CNCc1ccc(CN2CCN3CCCCC3C2)s1. The van der Waals surface area contributed by atoms with Gasteiger partial charge in [0, 0.05) is 48.5 Å². The Kier molecular flexibility index (Phi) is 4.53. The molecule has 1 aromatic rings. The highest BCUT2D eigenvalue weighted by atomic mass is 32.1. The van der Waals surface area contributed by atoms with Crippen LogP contribution in [0.25, 0.3) is 0 Å². The number of hydrogen-bond acceptors (Lipinski definition) is 4. The molecule has 0 amide bonds. The zero-order valence-corrected chi connectivity index (χ0v) is 12.7. The Hall–Kier alpha value is -0.420. The fourth-order valence-corrected chi connectivity index (χ4v) is 4.43. The first-order valence-electron chi connectivity index (χ1n) is 7.54. The van der Waals surface area contributed by atoms with Gasteiger partial charge in [-0.3, -0.25) is 9.80 Å². The maximum Gasteiger partial charge on any atom is 0.0329 e. The number of rotatable bonds is 4. The van der Waals surface area contributed by atoms with Crippen LogP contribution in [-0.2, 0) is 13.1 Å². The van der Waals surface area contributed by atoms with Crippen molar-refractivity contribution in [2.75, 3.05) is 33.2 Å². The number of fused-ring (bicyclic) bond motifs is 1. The number of nitrogens with zero attached hydrogens (tertiary/aromatic N) is 2. The van der Waals surface area contributed by atoms with E-state index in [1.807, 2.05) is 18.4 Å². The van der Waals surface area contributed by atoms with Gasteiger partial charge in [0.25, 0.3) is 0 Å². The van der Waals surface area contributed by atoms with Gasteiger partial charge in [-0.15, -0.1) is 11.3 Å². The first-order valence-corrected chi connectivity index (χ1v) is 8.35. The Morgan fingerprint density at radius 3 is 3.00 bits per heavy atom. The molecular formula is C15H25N3S. The van der Waals surface area contributed by atoms with E-state index >= 15 is 0 Å². The van der Waals surface area contributed by atoms with Crippen LogP contribution >= 0.6 is 11.3 Å². The van der Waals surface area contributed by atoms with Crippen LogP contribution in [0.5, 0.6) is 0 Å². The lowest BCUT2D eigenvalue weighted by atomic mass is 9.99. The fourth-order valence-electron chi connectivity index (χ4n) is 3.36. The van der Waals surface area contributed by atoms with E-state index in [1.165, 1.54) is 55.2 Å². The van der Waals surface area contributed by atoms with Crippen molar-refractivity contribution in [2.45, 2.75) is 38.4 Å². The normalized spacial score (nSPS) is 25.4. The number of nitrogens with one attached hydrogen (secondary N) is 1. The van der Waals surface area contributed by atoms with Gasteiger partial charge in [-0.05, 0) is 38.6 Å². The minimum Gasteiger partial charge on any atom is -0.315 e. The van der Waals surface area contributed by atoms with Gasteiger partial charge in [0.05, 0.1) is 0 Å².